The van der Waals surface area contributed by atoms with Gasteiger partial charge in [-0.05, 0) is 57.4 Å². The Morgan fingerprint density at radius 1 is 1.33 bits per heavy atom. The summed E-state index contributed by atoms with van der Waals surface area (Å²) in [6.07, 6.45) is 2.89. The number of halogens is 2. The van der Waals surface area contributed by atoms with Crippen molar-refractivity contribution in [3.63, 3.8) is 0 Å². The third kappa shape index (κ3) is 7.85. The Hall–Kier alpha value is -2.85. The van der Waals surface area contributed by atoms with Crippen molar-refractivity contribution in [3.8, 4) is 0 Å². The van der Waals surface area contributed by atoms with E-state index in [1.54, 1.807) is 29.0 Å². The quantitative estimate of drug-likeness (QED) is 0.311. The fourth-order valence-corrected chi connectivity index (χ4v) is 5.15. The van der Waals surface area contributed by atoms with E-state index in [0.29, 0.717) is 22.4 Å². The van der Waals surface area contributed by atoms with Gasteiger partial charge in [-0.1, -0.05) is 42.9 Å². The van der Waals surface area contributed by atoms with Gasteiger partial charge in [0.25, 0.3) is 0 Å². The highest BCUT2D eigenvalue weighted by Gasteiger charge is 2.37. The van der Waals surface area contributed by atoms with E-state index >= 15 is 4.39 Å². The highest BCUT2D eigenvalue weighted by Crippen LogP contribution is 2.33. The van der Waals surface area contributed by atoms with Crippen LogP contribution >= 0.6 is 15.9 Å². The van der Waals surface area contributed by atoms with E-state index in [1.165, 1.54) is 24.9 Å². The summed E-state index contributed by atoms with van der Waals surface area (Å²) in [6, 6.07) is -0.0484. The van der Waals surface area contributed by atoms with Crippen LogP contribution in [0.1, 0.15) is 58.2 Å². The zero-order chi connectivity index (χ0) is 29.6. The smallest absolute Gasteiger partial charge is 0.246 e. The number of pyridine rings is 1. The lowest BCUT2D eigenvalue weighted by Crippen LogP contribution is -2.63. The number of hydrogen-bond acceptors (Lipinski definition) is 5. The molecule has 1 aliphatic rings. The van der Waals surface area contributed by atoms with Gasteiger partial charge >= 0.3 is 0 Å². The maximum Gasteiger partial charge on any atom is 0.246 e. The number of aryl methyl sites for hydroxylation is 1. The predicted molar refractivity (Wildman–Crippen MR) is 157 cm³/mol. The number of alkyl halides is 1. The van der Waals surface area contributed by atoms with Gasteiger partial charge in [0.1, 0.15) is 12.2 Å². The van der Waals surface area contributed by atoms with Crippen molar-refractivity contribution in [3.05, 3.63) is 59.0 Å². The number of rotatable bonds is 10. The number of likely N-dealkylation sites (N-methyl/N-ethyl adjacent to an activating group) is 1. The number of aromatic nitrogens is 1. The molecule has 0 bridgehead atoms. The van der Waals surface area contributed by atoms with Gasteiger partial charge in [0, 0.05) is 42.6 Å². The highest BCUT2D eigenvalue weighted by molar-refractivity contribution is 9.11. The molecular weight excluding hydrogens is 565 g/mol. The predicted octanol–water partition coefficient (Wildman–Crippen LogP) is 4.61. The van der Waals surface area contributed by atoms with Crippen LogP contribution in [0.25, 0.3) is 0 Å². The van der Waals surface area contributed by atoms with Crippen LogP contribution < -0.4 is 10.2 Å². The van der Waals surface area contributed by atoms with Gasteiger partial charge in [-0.25, -0.2) is 4.39 Å². The average molecular weight is 607 g/mol. The number of piperazine rings is 1. The lowest BCUT2D eigenvalue weighted by Gasteiger charge is -2.40. The van der Waals surface area contributed by atoms with Gasteiger partial charge in [-0.3, -0.25) is 24.3 Å². The molecule has 1 aromatic heterocycles. The van der Waals surface area contributed by atoms with E-state index in [-0.39, 0.29) is 42.6 Å². The molecule has 0 aromatic carbocycles. The Balaban J connectivity index is 2.42. The number of carbonyl (C=O) groups excluding carboxylic acids is 3. The molecule has 2 unspecified atom stereocenters. The van der Waals surface area contributed by atoms with Crippen LogP contribution in [0.5, 0.6) is 0 Å². The molecule has 1 fully saturated rings. The Bertz CT molecular complexity index is 1140. The van der Waals surface area contributed by atoms with Gasteiger partial charge in [-0.15, -0.1) is 0 Å². The molecule has 0 radical (unpaired) electrons. The maximum atomic E-state index is 15.1. The number of allylic oxidation sites excluding steroid dienone is 3. The molecule has 0 saturated carbocycles. The van der Waals surface area contributed by atoms with Crippen LogP contribution in [0, 0.1) is 6.92 Å². The number of nitrogens with zero attached hydrogens (tertiary/aromatic N) is 4. The van der Waals surface area contributed by atoms with Gasteiger partial charge in [0.05, 0.1) is 23.8 Å². The summed E-state index contributed by atoms with van der Waals surface area (Å²) in [5, 5.41) is 3.15. The van der Waals surface area contributed by atoms with E-state index in [1.807, 2.05) is 33.8 Å². The largest absolute Gasteiger partial charge is 0.338 e. The van der Waals surface area contributed by atoms with Crippen LogP contribution in [0.15, 0.2) is 47.8 Å². The molecule has 1 aromatic rings. The maximum absolute atomic E-state index is 15.1. The molecule has 4 atom stereocenters. The van der Waals surface area contributed by atoms with E-state index in [4.69, 9.17) is 0 Å². The van der Waals surface area contributed by atoms with E-state index in [9.17, 15) is 14.4 Å². The van der Waals surface area contributed by atoms with Crippen molar-refractivity contribution in [2.45, 2.75) is 78.2 Å². The third-order valence-corrected chi connectivity index (χ3v) is 7.21. The molecule has 1 N–H and O–H groups in total. The molecule has 1 aliphatic heterocycles. The van der Waals surface area contributed by atoms with Crippen molar-refractivity contribution >= 4 is 39.3 Å². The minimum atomic E-state index is -1.49. The number of nitrogens with one attached hydrogen (secondary N) is 1. The normalized spacial score (nSPS) is 19.3. The lowest BCUT2D eigenvalue weighted by molar-refractivity contribution is -0.140. The standard InChI is InChI=1S/C29H41BrFN5O3/c1-10-25(37)35-16-23(33-15-21(35)7)29(39)34(9)24(22(8)31)14-26(38)36(20(6)13-19(5)30)28-18(4)11-12-32-27(28)17(2)3/h10-13,17,21-24,33H,1,5,14-16H2,2-4,6-9H3/b20-13+/t21-,22+,23?,24?/m1/s1. The highest BCUT2D eigenvalue weighted by atomic mass is 79.9. The summed E-state index contributed by atoms with van der Waals surface area (Å²) in [7, 11) is 1.50. The molecule has 1 saturated heterocycles. The van der Waals surface area contributed by atoms with Crippen molar-refractivity contribution < 1.29 is 18.8 Å². The van der Waals surface area contributed by atoms with Crippen molar-refractivity contribution in [1.82, 2.24) is 20.1 Å². The molecule has 8 nitrogen and oxygen atoms in total. The van der Waals surface area contributed by atoms with E-state index in [0.717, 1.165) is 11.3 Å². The summed E-state index contributed by atoms with van der Waals surface area (Å²) >= 11 is 3.34. The summed E-state index contributed by atoms with van der Waals surface area (Å²) in [4.78, 5) is 48.7. The fraction of sp³-hybridized carbons (Fsp3) is 0.517. The number of hydrogen-bond donors (Lipinski definition) is 1. The second-order valence-electron chi connectivity index (χ2n) is 10.4. The molecule has 2 rings (SSSR count). The minimum Gasteiger partial charge on any atom is -0.338 e. The van der Waals surface area contributed by atoms with Gasteiger partial charge in [-0.2, -0.15) is 0 Å². The summed E-state index contributed by atoms with van der Waals surface area (Å²) in [5.41, 5.74) is 2.80. The van der Waals surface area contributed by atoms with Crippen molar-refractivity contribution in [1.29, 1.82) is 0 Å². The molecule has 10 heteroatoms. The molecule has 2 heterocycles. The van der Waals surface area contributed by atoms with Gasteiger partial charge < -0.3 is 15.1 Å². The average Bonchev–Trinajstić information content (AvgIpc) is 2.86. The first kappa shape index (κ1) is 32.4. The molecule has 0 aliphatic carbocycles. The Morgan fingerprint density at radius 2 is 1.97 bits per heavy atom. The summed E-state index contributed by atoms with van der Waals surface area (Å²) in [5.74, 6) is -1.01. The Kier molecular flexibility index (Phi) is 11.6. The van der Waals surface area contributed by atoms with Crippen LogP contribution in [0.4, 0.5) is 10.1 Å². The summed E-state index contributed by atoms with van der Waals surface area (Å²) < 4.78 is 15.7. The van der Waals surface area contributed by atoms with E-state index in [2.05, 4.69) is 39.4 Å². The Labute approximate surface area is 240 Å². The first-order chi connectivity index (χ1) is 18.2. The lowest BCUT2D eigenvalue weighted by atomic mass is 10.0. The Morgan fingerprint density at radius 3 is 2.51 bits per heavy atom. The van der Waals surface area contributed by atoms with Crippen LogP contribution in [-0.4, -0.2) is 76.9 Å². The first-order valence-corrected chi connectivity index (χ1v) is 13.9. The number of anilines is 1. The van der Waals surface area contributed by atoms with Crippen LogP contribution in [0.2, 0.25) is 0 Å². The third-order valence-electron chi connectivity index (χ3n) is 6.98. The monoisotopic (exact) mass is 605 g/mol. The second kappa shape index (κ2) is 14.0. The van der Waals surface area contributed by atoms with Crippen LogP contribution in [0.3, 0.4) is 0 Å². The van der Waals surface area contributed by atoms with E-state index < -0.39 is 18.3 Å². The molecule has 39 heavy (non-hydrogen) atoms. The van der Waals surface area contributed by atoms with Gasteiger partial charge in [0.15, 0.2) is 0 Å². The SMILES string of the molecule is C=CC(=O)N1CC(C(=O)N(C)C(CC(=O)N(/C(C)=C/C(=C)Br)c2c(C)ccnc2C(C)C)[C@H](C)F)NC[C@H]1C. The zero-order valence-corrected chi connectivity index (χ0v) is 25.6. The molecule has 3 amide bonds. The van der Waals surface area contributed by atoms with Crippen LogP contribution in [-0.2, 0) is 14.4 Å². The van der Waals surface area contributed by atoms with Crippen molar-refractivity contribution in [2.24, 2.45) is 0 Å². The topological polar surface area (TPSA) is 85.9 Å². The minimum absolute atomic E-state index is 0.0244. The number of amides is 3. The second-order valence-corrected chi connectivity index (χ2v) is 11.4. The zero-order valence-electron chi connectivity index (χ0n) is 24.0. The van der Waals surface area contributed by atoms with Crippen molar-refractivity contribution in [2.75, 3.05) is 25.0 Å². The molecule has 214 valence electrons. The van der Waals surface area contributed by atoms with Gasteiger partial charge in [0.2, 0.25) is 17.7 Å². The summed E-state index contributed by atoms with van der Waals surface area (Å²) in [6.45, 7) is 18.8. The molecule has 0 spiro atoms. The molecular formula is C29H41BrFN5O3. The number of carbonyl (C=O) groups is 3. The fourth-order valence-electron chi connectivity index (χ4n) is 4.81. The first-order valence-electron chi connectivity index (χ1n) is 13.1.